The van der Waals surface area contributed by atoms with Crippen molar-refractivity contribution in [3.05, 3.63) is 60.4 Å². The van der Waals surface area contributed by atoms with E-state index in [1.165, 1.54) is 5.56 Å². The molecule has 0 radical (unpaired) electrons. The highest BCUT2D eigenvalue weighted by atomic mass is 35.5. The Hall–Kier alpha value is -1.91. The summed E-state index contributed by atoms with van der Waals surface area (Å²) in [5.74, 6) is 0.190. The molecule has 1 aliphatic rings. The monoisotopic (exact) mass is 373 g/mol. The maximum atomic E-state index is 12.5. The number of carbonyl (C=O) groups excluding carboxylic acids is 1. The molecule has 2 aromatic rings. The Morgan fingerprint density at radius 1 is 1.15 bits per heavy atom. The van der Waals surface area contributed by atoms with E-state index in [9.17, 15) is 4.79 Å². The summed E-state index contributed by atoms with van der Waals surface area (Å²) in [4.78, 5) is 21.2. The van der Waals surface area contributed by atoms with Gasteiger partial charge in [0.05, 0.1) is 11.9 Å². The first-order valence-electron chi connectivity index (χ1n) is 9.26. The number of likely N-dealkylation sites (tertiary alicyclic amines) is 1. The van der Waals surface area contributed by atoms with Crippen LogP contribution in [0.3, 0.4) is 0 Å². The summed E-state index contributed by atoms with van der Waals surface area (Å²) >= 11 is 0. The van der Waals surface area contributed by atoms with Gasteiger partial charge in [-0.25, -0.2) is 0 Å². The number of halogens is 1. The first-order chi connectivity index (χ1) is 12.3. The highest BCUT2D eigenvalue weighted by Gasteiger charge is 2.28. The van der Waals surface area contributed by atoms with Gasteiger partial charge in [0.2, 0.25) is 5.91 Å². The van der Waals surface area contributed by atoms with Gasteiger partial charge in [0, 0.05) is 38.3 Å². The number of aromatic nitrogens is 1. The minimum absolute atomic E-state index is 0. The zero-order chi connectivity index (χ0) is 17.5. The first-order valence-corrected chi connectivity index (χ1v) is 9.26. The smallest absolute Gasteiger partial charge is 0.227 e. The average Bonchev–Trinajstić information content (AvgIpc) is 2.69. The maximum absolute atomic E-state index is 12.5. The third-order valence-electron chi connectivity index (χ3n) is 4.98. The summed E-state index contributed by atoms with van der Waals surface area (Å²) in [6.07, 6.45) is 7.22. The molecule has 0 aliphatic carbocycles. The molecule has 0 atom stereocenters. The number of nitrogens with zero attached hydrogens (tertiary/aromatic N) is 3. The minimum Gasteiger partial charge on any atom is -0.308 e. The fourth-order valence-corrected chi connectivity index (χ4v) is 3.56. The topological polar surface area (TPSA) is 36.4 Å². The number of carbonyl (C=O) groups is 1. The van der Waals surface area contributed by atoms with Crippen LogP contribution >= 0.6 is 12.4 Å². The molecule has 1 saturated heterocycles. The van der Waals surface area contributed by atoms with Crippen LogP contribution in [-0.2, 0) is 11.2 Å². The van der Waals surface area contributed by atoms with Gasteiger partial charge in [0.15, 0.2) is 0 Å². The Balaban J connectivity index is 0.00000243. The number of hydrogen-bond acceptors (Lipinski definition) is 3. The lowest BCUT2D eigenvalue weighted by Gasteiger charge is -2.38. The first kappa shape index (κ1) is 20.4. The largest absolute Gasteiger partial charge is 0.308 e. The fourth-order valence-electron chi connectivity index (χ4n) is 3.56. The van der Waals surface area contributed by atoms with Crippen molar-refractivity contribution in [1.82, 2.24) is 9.88 Å². The van der Waals surface area contributed by atoms with E-state index < -0.39 is 0 Å². The van der Waals surface area contributed by atoms with E-state index in [1.54, 1.807) is 12.4 Å². The third-order valence-corrected chi connectivity index (χ3v) is 4.98. The Kier molecular flexibility index (Phi) is 8.07. The van der Waals surface area contributed by atoms with Crippen LogP contribution in [0.25, 0.3) is 0 Å². The summed E-state index contributed by atoms with van der Waals surface area (Å²) in [5.41, 5.74) is 2.32. The molecule has 1 amide bonds. The van der Waals surface area contributed by atoms with Crippen LogP contribution in [0.2, 0.25) is 0 Å². The van der Waals surface area contributed by atoms with Crippen LogP contribution < -0.4 is 4.90 Å². The SMILES string of the molecule is CCC(=O)N(c1cccnc1)C1CCN(CCc2ccccc2)CC1.Cl. The number of benzene rings is 1. The standard InChI is InChI=1S/C21H27N3O.ClH/c1-2-21(25)24(20-9-6-13-22-17-20)19-11-15-23(16-12-19)14-10-18-7-4-3-5-8-18;/h3-9,13,17,19H,2,10-12,14-16H2,1H3;1H. The second-order valence-electron chi connectivity index (χ2n) is 6.64. The zero-order valence-corrected chi connectivity index (χ0v) is 16.2. The second kappa shape index (κ2) is 10.3. The number of piperidine rings is 1. The van der Waals surface area contributed by atoms with E-state index in [-0.39, 0.29) is 24.4 Å². The van der Waals surface area contributed by atoms with Crippen molar-refractivity contribution in [1.29, 1.82) is 0 Å². The Morgan fingerprint density at radius 2 is 1.88 bits per heavy atom. The number of hydrogen-bond donors (Lipinski definition) is 0. The molecule has 0 saturated carbocycles. The molecule has 26 heavy (non-hydrogen) atoms. The lowest BCUT2D eigenvalue weighted by Crippen LogP contribution is -2.48. The number of rotatable bonds is 6. The maximum Gasteiger partial charge on any atom is 0.227 e. The quantitative estimate of drug-likeness (QED) is 0.769. The molecule has 3 rings (SSSR count). The fraction of sp³-hybridized carbons (Fsp3) is 0.429. The summed E-state index contributed by atoms with van der Waals surface area (Å²) in [5, 5.41) is 0. The van der Waals surface area contributed by atoms with Crippen LogP contribution in [0, 0.1) is 0 Å². The lowest BCUT2D eigenvalue weighted by molar-refractivity contribution is -0.119. The van der Waals surface area contributed by atoms with Crippen molar-refractivity contribution in [2.75, 3.05) is 24.5 Å². The Bertz CT molecular complexity index is 657. The summed E-state index contributed by atoms with van der Waals surface area (Å²) in [6, 6.07) is 14.8. The second-order valence-corrected chi connectivity index (χ2v) is 6.64. The van der Waals surface area contributed by atoms with Gasteiger partial charge in [0.25, 0.3) is 0 Å². The van der Waals surface area contributed by atoms with E-state index in [4.69, 9.17) is 0 Å². The van der Waals surface area contributed by atoms with E-state index in [0.717, 1.165) is 44.6 Å². The van der Waals surface area contributed by atoms with Crippen molar-refractivity contribution in [2.45, 2.75) is 38.6 Å². The molecule has 5 heteroatoms. The summed E-state index contributed by atoms with van der Waals surface area (Å²) in [6.45, 7) is 5.11. The molecule has 1 aromatic carbocycles. The molecule has 0 spiro atoms. The molecular formula is C21H28ClN3O. The van der Waals surface area contributed by atoms with Gasteiger partial charge < -0.3 is 9.80 Å². The summed E-state index contributed by atoms with van der Waals surface area (Å²) < 4.78 is 0. The van der Waals surface area contributed by atoms with E-state index in [1.807, 2.05) is 24.0 Å². The van der Waals surface area contributed by atoms with Crippen molar-refractivity contribution in [3.63, 3.8) is 0 Å². The third kappa shape index (κ3) is 5.29. The van der Waals surface area contributed by atoms with Crippen LogP contribution in [0.5, 0.6) is 0 Å². The molecule has 1 fully saturated rings. The number of anilines is 1. The summed E-state index contributed by atoms with van der Waals surface area (Å²) in [7, 11) is 0. The van der Waals surface area contributed by atoms with Gasteiger partial charge in [-0.05, 0) is 37.0 Å². The van der Waals surface area contributed by atoms with Gasteiger partial charge in [-0.2, -0.15) is 0 Å². The van der Waals surface area contributed by atoms with Crippen molar-refractivity contribution in [2.24, 2.45) is 0 Å². The normalized spacial score (nSPS) is 15.3. The van der Waals surface area contributed by atoms with Gasteiger partial charge in [-0.3, -0.25) is 9.78 Å². The van der Waals surface area contributed by atoms with E-state index in [2.05, 4.69) is 40.2 Å². The van der Waals surface area contributed by atoms with Gasteiger partial charge in [0.1, 0.15) is 0 Å². The highest BCUT2D eigenvalue weighted by molar-refractivity contribution is 5.93. The van der Waals surface area contributed by atoms with Crippen LogP contribution in [-0.4, -0.2) is 41.5 Å². The molecule has 0 N–H and O–H groups in total. The molecular weight excluding hydrogens is 346 g/mol. The van der Waals surface area contributed by atoms with Crippen molar-refractivity contribution >= 4 is 24.0 Å². The van der Waals surface area contributed by atoms with Crippen LogP contribution in [0.4, 0.5) is 5.69 Å². The number of pyridine rings is 1. The van der Waals surface area contributed by atoms with Crippen molar-refractivity contribution in [3.8, 4) is 0 Å². The molecule has 1 aromatic heterocycles. The zero-order valence-electron chi connectivity index (χ0n) is 15.4. The average molecular weight is 374 g/mol. The molecule has 2 heterocycles. The molecule has 0 bridgehead atoms. The predicted octanol–water partition coefficient (Wildman–Crippen LogP) is 3.95. The molecule has 4 nitrogen and oxygen atoms in total. The molecule has 1 aliphatic heterocycles. The van der Waals surface area contributed by atoms with Gasteiger partial charge in [-0.15, -0.1) is 12.4 Å². The van der Waals surface area contributed by atoms with Gasteiger partial charge >= 0.3 is 0 Å². The molecule has 0 unspecified atom stereocenters. The predicted molar refractivity (Wildman–Crippen MR) is 109 cm³/mol. The van der Waals surface area contributed by atoms with Crippen molar-refractivity contribution < 1.29 is 4.79 Å². The van der Waals surface area contributed by atoms with Gasteiger partial charge in [-0.1, -0.05) is 37.3 Å². The van der Waals surface area contributed by atoms with Crippen LogP contribution in [0.15, 0.2) is 54.9 Å². The van der Waals surface area contributed by atoms with E-state index in [0.29, 0.717) is 6.42 Å². The minimum atomic E-state index is 0. The lowest BCUT2D eigenvalue weighted by atomic mass is 10.0. The highest BCUT2D eigenvalue weighted by Crippen LogP contribution is 2.24. The molecule has 140 valence electrons. The van der Waals surface area contributed by atoms with Crippen LogP contribution in [0.1, 0.15) is 31.7 Å². The van der Waals surface area contributed by atoms with E-state index >= 15 is 0 Å². The number of amides is 1. The Morgan fingerprint density at radius 3 is 2.50 bits per heavy atom. The Labute approximate surface area is 162 Å².